The van der Waals surface area contributed by atoms with E-state index in [1.807, 2.05) is 12.1 Å². The first-order valence-electron chi connectivity index (χ1n) is 6.97. The lowest BCUT2D eigenvalue weighted by Gasteiger charge is -2.21. The van der Waals surface area contributed by atoms with Gasteiger partial charge in [-0.15, -0.1) is 0 Å². The molecule has 7 heteroatoms. The average molecular weight is 287 g/mol. The predicted octanol–water partition coefficient (Wildman–Crippen LogP) is 1.01. The van der Waals surface area contributed by atoms with Crippen LogP contribution in [-0.4, -0.2) is 46.1 Å². The van der Waals surface area contributed by atoms with E-state index in [0.29, 0.717) is 18.3 Å². The van der Waals surface area contributed by atoms with Crippen LogP contribution in [-0.2, 0) is 4.79 Å². The number of likely N-dealkylation sites (N-methyl/N-ethyl adjacent to an activating group) is 1. The molecule has 0 saturated carbocycles. The summed E-state index contributed by atoms with van der Waals surface area (Å²) in [5, 5.41) is 6.87. The number of hydrogen-bond acceptors (Lipinski definition) is 6. The highest BCUT2D eigenvalue weighted by Gasteiger charge is 2.33. The average Bonchev–Trinajstić information content (AvgIpc) is 3.17. The summed E-state index contributed by atoms with van der Waals surface area (Å²) in [5.74, 6) is 1.06. The first kappa shape index (κ1) is 13.7. The molecule has 0 bridgehead atoms. The van der Waals surface area contributed by atoms with Crippen LogP contribution >= 0.6 is 0 Å². The number of nitrogens with one attached hydrogen (secondary N) is 1. The molecule has 1 aliphatic heterocycles. The van der Waals surface area contributed by atoms with E-state index in [4.69, 9.17) is 4.52 Å². The van der Waals surface area contributed by atoms with Gasteiger partial charge in [0.1, 0.15) is 6.04 Å². The zero-order valence-electron chi connectivity index (χ0n) is 11.8. The lowest BCUT2D eigenvalue weighted by Crippen LogP contribution is -2.36. The van der Waals surface area contributed by atoms with Crippen LogP contribution in [0.5, 0.6) is 0 Å². The molecule has 21 heavy (non-hydrogen) atoms. The Hall–Kier alpha value is -2.28. The number of nitrogens with zero attached hydrogens (tertiary/aromatic N) is 4. The molecule has 2 aromatic rings. The SMILES string of the molecule is CNCC(=O)N1CCC[C@@H]1c1nc(-c2cccnc2)no1. The van der Waals surface area contributed by atoms with Gasteiger partial charge in [-0.05, 0) is 32.0 Å². The number of aromatic nitrogens is 3. The van der Waals surface area contributed by atoms with E-state index in [9.17, 15) is 4.79 Å². The lowest BCUT2D eigenvalue weighted by atomic mass is 10.2. The van der Waals surface area contributed by atoms with Crippen LogP contribution in [0, 0.1) is 0 Å². The normalized spacial score (nSPS) is 18.1. The third kappa shape index (κ3) is 2.78. The maximum atomic E-state index is 12.1. The Balaban J connectivity index is 1.81. The van der Waals surface area contributed by atoms with Gasteiger partial charge in [0.25, 0.3) is 0 Å². The minimum absolute atomic E-state index is 0.0566. The van der Waals surface area contributed by atoms with E-state index >= 15 is 0 Å². The highest BCUT2D eigenvalue weighted by atomic mass is 16.5. The second kappa shape index (κ2) is 6.01. The van der Waals surface area contributed by atoms with E-state index in [-0.39, 0.29) is 11.9 Å². The molecule has 0 spiro atoms. The molecule has 0 unspecified atom stereocenters. The molecular weight excluding hydrogens is 270 g/mol. The van der Waals surface area contributed by atoms with Crippen molar-refractivity contribution in [3.8, 4) is 11.4 Å². The van der Waals surface area contributed by atoms with Crippen molar-refractivity contribution in [1.29, 1.82) is 0 Å². The van der Waals surface area contributed by atoms with Crippen molar-refractivity contribution in [1.82, 2.24) is 25.3 Å². The number of amides is 1. The molecule has 1 aliphatic rings. The Morgan fingerprint density at radius 1 is 1.57 bits per heavy atom. The van der Waals surface area contributed by atoms with Gasteiger partial charge in [-0.25, -0.2) is 0 Å². The van der Waals surface area contributed by atoms with E-state index < -0.39 is 0 Å². The van der Waals surface area contributed by atoms with Crippen LogP contribution in [0.1, 0.15) is 24.8 Å². The number of rotatable bonds is 4. The first-order valence-corrected chi connectivity index (χ1v) is 6.97. The van der Waals surface area contributed by atoms with Gasteiger partial charge in [-0.1, -0.05) is 5.16 Å². The topological polar surface area (TPSA) is 84.2 Å². The van der Waals surface area contributed by atoms with Gasteiger partial charge in [0.2, 0.25) is 17.6 Å². The maximum absolute atomic E-state index is 12.1. The van der Waals surface area contributed by atoms with Crippen LogP contribution in [0.4, 0.5) is 0 Å². The van der Waals surface area contributed by atoms with E-state index in [1.54, 1.807) is 24.3 Å². The van der Waals surface area contributed by atoms with Crippen molar-refractivity contribution in [2.75, 3.05) is 20.1 Å². The van der Waals surface area contributed by atoms with Crippen molar-refractivity contribution >= 4 is 5.91 Å². The van der Waals surface area contributed by atoms with Crippen LogP contribution in [0.2, 0.25) is 0 Å². The quantitative estimate of drug-likeness (QED) is 0.903. The Morgan fingerprint density at radius 3 is 3.24 bits per heavy atom. The second-order valence-electron chi connectivity index (χ2n) is 4.97. The van der Waals surface area contributed by atoms with Gasteiger partial charge in [-0.3, -0.25) is 9.78 Å². The standard InChI is InChI=1S/C14H17N5O2/c1-15-9-12(20)19-7-3-5-11(19)14-17-13(18-21-14)10-4-2-6-16-8-10/h2,4,6,8,11,15H,3,5,7,9H2,1H3/t11-/m1/s1. The van der Waals surface area contributed by atoms with Gasteiger partial charge >= 0.3 is 0 Å². The fourth-order valence-corrected chi connectivity index (χ4v) is 2.56. The number of likely N-dealkylation sites (tertiary alicyclic amines) is 1. The molecule has 0 aliphatic carbocycles. The van der Waals surface area contributed by atoms with Crippen LogP contribution < -0.4 is 5.32 Å². The summed E-state index contributed by atoms with van der Waals surface area (Å²) in [6, 6.07) is 3.58. The summed E-state index contributed by atoms with van der Waals surface area (Å²) in [6.07, 6.45) is 5.18. The highest BCUT2D eigenvalue weighted by molar-refractivity contribution is 5.78. The number of hydrogen-bond donors (Lipinski definition) is 1. The molecule has 0 aromatic carbocycles. The molecule has 1 N–H and O–H groups in total. The van der Waals surface area contributed by atoms with Crippen molar-refractivity contribution in [2.24, 2.45) is 0 Å². The summed E-state index contributed by atoms with van der Waals surface area (Å²) in [7, 11) is 1.76. The van der Waals surface area contributed by atoms with Gasteiger partial charge in [0, 0.05) is 24.5 Å². The number of carbonyl (C=O) groups excluding carboxylic acids is 1. The molecule has 7 nitrogen and oxygen atoms in total. The Bertz CT molecular complexity index is 613. The van der Waals surface area contributed by atoms with E-state index in [2.05, 4.69) is 20.4 Å². The maximum Gasteiger partial charge on any atom is 0.249 e. The van der Waals surface area contributed by atoms with Crippen LogP contribution in [0.25, 0.3) is 11.4 Å². The van der Waals surface area contributed by atoms with Crippen LogP contribution in [0.3, 0.4) is 0 Å². The zero-order chi connectivity index (χ0) is 14.7. The predicted molar refractivity (Wildman–Crippen MR) is 75.1 cm³/mol. The van der Waals surface area contributed by atoms with Crippen LogP contribution in [0.15, 0.2) is 29.0 Å². The van der Waals surface area contributed by atoms with E-state index in [0.717, 1.165) is 24.9 Å². The second-order valence-corrected chi connectivity index (χ2v) is 4.97. The number of carbonyl (C=O) groups is 1. The van der Waals surface area contributed by atoms with Crippen molar-refractivity contribution < 1.29 is 9.32 Å². The molecule has 0 radical (unpaired) electrons. The first-order chi connectivity index (χ1) is 10.3. The van der Waals surface area contributed by atoms with Gasteiger partial charge in [0.15, 0.2) is 0 Å². The van der Waals surface area contributed by atoms with Crippen molar-refractivity contribution in [2.45, 2.75) is 18.9 Å². The fraction of sp³-hybridized carbons (Fsp3) is 0.429. The summed E-state index contributed by atoms with van der Waals surface area (Å²) < 4.78 is 5.36. The molecule has 3 rings (SSSR count). The molecular formula is C14H17N5O2. The summed E-state index contributed by atoms with van der Waals surface area (Å²) in [6.45, 7) is 1.05. The largest absolute Gasteiger partial charge is 0.337 e. The molecule has 3 heterocycles. The third-order valence-electron chi connectivity index (χ3n) is 3.55. The molecule has 2 aromatic heterocycles. The number of pyridine rings is 1. The summed E-state index contributed by atoms with van der Waals surface area (Å²) in [5.41, 5.74) is 0.804. The molecule has 1 atom stereocenters. The van der Waals surface area contributed by atoms with E-state index in [1.165, 1.54) is 0 Å². The molecule has 1 fully saturated rings. The highest BCUT2D eigenvalue weighted by Crippen LogP contribution is 2.31. The minimum Gasteiger partial charge on any atom is -0.337 e. The monoisotopic (exact) mass is 287 g/mol. The van der Waals surface area contributed by atoms with Crippen molar-refractivity contribution in [3.05, 3.63) is 30.4 Å². The van der Waals surface area contributed by atoms with Gasteiger partial charge in [0.05, 0.1) is 6.54 Å². The Labute approximate surface area is 122 Å². The van der Waals surface area contributed by atoms with Gasteiger partial charge < -0.3 is 14.7 Å². The molecule has 1 amide bonds. The zero-order valence-corrected chi connectivity index (χ0v) is 11.8. The minimum atomic E-state index is -0.122. The third-order valence-corrected chi connectivity index (χ3v) is 3.55. The molecule has 1 saturated heterocycles. The lowest BCUT2D eigenvalue weighted by molar-refractivity contribution is -0.131. The summed E-state index contributed by atoms with van der Waals surface area (Å²) >= 11 is 0. The molecule has 110 valence electrons. The Kier molecular flexibility index (Phi) is 3.92. The fourth-order valence-electron chi connectivity index (χ4n) is 2.56. The smallest absolute Gasteiger partial charge is 0.249 e. The van der Waals surface area contributed by atoms with Crippen molar-refractivity contribution in [3.63, 3.8) is 0 Å². The van der Waals surface area contributed by atoms with Gasteiger partial charge in [-0.2, -0.15) is 4.98 Å². The Morgan fingerprint density at radius 2 is 2.48 bits per heavy atom. The summed E-state index contributed by atoms with van der Waals surface area (Å²) in [4.78, 5) is 22.3.